The van der Waals surface area contributed by atoms with E-state index in [9.17, 15) is 14.4 Å². The summed E-state index contributed by atoms with van der Waals surface area (Å²) in [6, 6.07) is 11.4. The van der Waals surface area contributed by atoms with Crippen molar-refractivity contribution in [2.24, 2.45) is 4.99 Å². The van der Waals surface area contributed by atoms with Gasteiger partial charge in [-0.25, -0.2) is 14.6 Å². The summed E-state index contributed by atoms with van der Waals surface area (Å²) in [5, 5.41) is 8.86. The van der Waals surface area contributed by atoms with Gasteiger partial charge in [0.2, 0.25) is 0 Å². The molecule has 2 heterocycles. The molecular formula is C26H23BrN2O7S. The van der Waals surface area contributed by atoms with E-state index < -0.39 is 24.6 Å². The maximum atomic E-state index is 13.7. The number of methoxy groups -OCH3 is 1. The van der Waals surface area contributed by atoms with Gasteiger partial charge in [-0.05, 0) is 71.2 Å². The first kappa shape index (κ1) is 26.4. The van der Waals surface area contributed by atoms with Gasteiger partial charge in [0.1, 0.15) is 11.5 Å². The molecule has 0 fully saturated rings. The molecule has 4 rings (SSSR count). The predicted octanol–water partition coefficient (Wildman–Crippen LogP) is 3.03. The van der Waals surface area contributed by atoms with Crippen molar-refractivity contribution in [2.45, 2.75) is 19.9 Å². The van der Waals surface area contributed by atoms with E-state index in [1.165, 1.54) is 15.9 Å². The van der Waals surface area contributed by atoms with Crippen molar-refractivity contribution in [3.05, 3.63) is 89.0 Å². The average molecular weight is 587 g/mol. The average Bonchev–Trinajstić information content (AvgIpc) is 3.16. The summed E-state index contributed by atoms with van der Waals surface area (Å²) in [6.45, 7) is 3.15. The van der Waals surface area contributed by atoms with E-state index in [1.54, 1.807) is 63.4 Å². The molecular weight excluding hydrogens is 564 g/mol. The van der Waals surface area contributed by atoms with Crippen molar-refractivity contribution in [2.75, 3.05) is 20.3 Å². The Morgan fingerprint density at radius 1 is 1.24 bits per heavy atom. The highest BCUT2D eigenvalue weighted by Crippen LogP contribution is 2.35. The maximum absolute atomic E-state index is 13.7. The highest BCUT2D eigenvalue weighted by molar-refractivity contribution is 9.10. The van der Waals surface area contributed by atoms with E-state index in [-0.39, 0.29) is 17.7 Å². The summed E-state index contributed by atoms with van der Waals surface area (Å²) >= 11 is 4.69. The predicted molar refractivity (Wildman–Crippen MR) is 141 cm³/mol. The molecule has 0 aliphatic carbocycles. The summed E-state index contributed by atoms with van der Waals surface area (Å²) in [7, 11) is 1.55. The fourth-order valence-electron chi connectivity index (χ4n) is 3.95. The highest BCUT2D eigenvalue weighted by Gasteiger charge is 2.33. The molecule has 192 valence electrons. The zero-order valence-corrected chi connectivity index (χ0v) is 22.6. The minimum atomic E-state index is -1.09. The summed E-state index contributed by atoms with van der Waals surface area (Å²) in [5.41, 5.74) is 1.75. The van der Waals surface area contributed by atoms with E-state index >= 15 is 0 Å². The molecule has 0 amide bonds. The van der Waals surface area contributed by atoms with Crippen LogP contribution in [0, 0.1) is 0 Å². The number of carboxylic acid groups (broad SMARTS) is 1. The number of hydrogen-bond donors (Lipinski definition) is 1. The van der Waals surface area contributed by atoms with Crippen LogP contribution in [0.2, 0.25) is 0 Å². The van der Waals surface area contributed by atoms with Gasteiger partial charge in [-0.2, -0.15) is 0 Å². The zero-order valence-electron chi connectivity index (χ0n) is 20.2. The van der Waals surface area contributed by atoms with E-state index in [4.69, 9.17) is 19.3 Å². The first-order valence-corrected chi connectivity index (χ1v) is 12.8. The number of halogens is 1. The lowest BCUT2D eigenvalue weighted by atomic mass is 9.96. The standard InChI is InChI=1S/C26H23BrN2O7S/c1-4-35-25(33)22-14(2)28-26-29(23(22)16-8-9-19(34-3)18(27)12-16)24(32)20(37-26)11-15-6-5-7-17(10-15)36-13-21(30)31/h5-12,23H,4,13H2,1-3H3,(H,30,31)/b20-11-/t23-/m0/s1. The van der Waals surface area contributed by atoms with Crippen LogP contribution in [0.15, 0.2) is 68.0 Å². The number of esters is 1. The summed E-state index contributed by atoms with van der Waals surface area (Å²) in [4.78, 5) is 42.5. The summed E-state index contributed by atoms with van der Waals surface area (Å²) in [5.74, 6) is -0.653. The number of carbonyl (C=O) groups excluding carboxylic acids is 1. The van der Waals surface area contributed by atoms with Gasteiger partial charge in [-0.1, -0.05) is 29.5 Å². The Morgan fingerprint density at radius 2 is 2.03 bits per heavy atom. The third-order valence-corrected chi connectivity index (χ3v) is 7.13. The Morgan fingerprint density at radius 3 is 2.70 bits per heavy atom. The van der Waals surface area contributed by atoms with Crippen molar-refractivity contribution in [3.8, 4) is 11.5 Å². The molecule has 1 aliphatic heterocycles. The van der Waals surface area contributed by atoms with Gasteiger partial charge < -0.3 is 19.3 Å². The number of benzene rings is 2. The fraction of sp³-hybridized carbons (Fsp3) is 0.231. The topological polar surface area (TPSA) is 116 Å². The number of nitrogens with zero attached hydrogens (tertiary/aromatic N) is 2. The first-order chi connectivity index (χ1) is 17.7. The molecule has 1 aliphatic rings. The molecule has 0 saturated heterocycles. The second-order valence-electron chi connectivity index (χ2n) is 7.95. The van der Waals surface area contributed by atoms with Crippen LogP contribution in [0.3, 0.4) is 0 Å². The molecule has 0 bridgehead atoms. The van der Waals surface area contributed by atoms with Crippen molar-refractivity contribution < 1.29 is 28.9 Å². The molecule has 0 unspecified atom stereocenters. The second kappa shape index (κ2) is 11.1. The third kappa shape index (κ3) is 5.52. The van der Waals surface area contributed by atoms with E-state index in [0.29, 0.717) is 42.1 Å². The number of carbonyl (C=O) groups is 2. The van der Waals surface area contributed by atoms with Crippen LogP contribution in [0.4, 0.5) is 0 Å². The SMILES string of the molecule is CCOC(=O)C1=C(C)N=c2s/c(=C\c3cccc(OCC(=O)O)c3)c(=O)n2[C@H]1c1ccc(OC)c(Br)c1. The summed E-state index contributed by atoms with van der Waals surface area (Å²) < 4.78 is 18.5. The molecule has 1 aromatic heterocycles. The van der Waals surface area contributed by atoms with Crippen LogP contribution in [-0.2, 0) is 14.3 Å². The number of fused-ring (bicyclic) bond motifs is 1. The van der Waals surface area contributed by atoms with Crippen LogP contribution in [0.5, 0.6) is 11.5 Å². The zero-order chi connectivity index (χ0) is 26.7. The van der Waals surface area contributed by atoms with E-state index in [2.05, 4.69) is 20.9 Å². The molecule has 9 nitrogen and oxygen atoms in total. The number of ether oxygens (including phenoxy) is 3. The van der Waals surface area contributed by atoms with Crippen LogP contribution in [0.1, 0.15) is 31.0 Å². The Bertz CT molecular complexity index is 1590. The largest absolute Gasteiger partial charge is 0.496 e. The third-order valence-electron chi connectivity index (χ3n) is 5.53. The van der Waals surface area contributed by atoms with Gasteiger partial charge in [-0.15, -0.1) is 0 Å². The smallest absolute Gasteiger partial charge is 0.341 e. The van der Waals surface area contributed by atoms with Crippen molar-refractivity contribution in [1.29, 1.82) is 0 Å². The summed E-state index contributed by atoms with van der Waals surface area (Å²) in [6.07, 6.45) is 1.68. The Balaban J connectivity index is 1.87. The Labute approximate surface area is 224 Å². The van der Waals surface area contributed by atoms with Crippen molar-refractivity contribution in [3.63, 3.8) is 0 Å². The number of rotatable bonds is 8. The maximum Gasteiger partial charge on any atom is 0.341 e. The Hall–Kier alpha value is -3.70. The molecule has 3 aromatic rings. The van der Waals surface area contributed by atoms with Gasteiger partial charge in [0, 0.05) is 0 Å². The number of aromatic nitrogens is 1. The van der Waals surface area contributed by atoms with Crippen molar-refractivity contribution in [1.82, 2.24) is 4.57 Å². The number of allylic oxidation sites excluding steroid dienone is 1. The lowest BCUT2D eigenvalue weighted by molar-refractivity contribution is -0.140. The van der Waals surface area contributed by atoms with Crippen LogP contribution < -0.4 is 24.4 Å². The quantitative estimate of drug-likeness (QED) is 0.403. The Kier molecular flexibility index (Phi) is 7.94. The van der Waals surface area contributed by atoms with Crippen LogP contribution in [0.25, 0.3) is 6.08 Å². The molecule has 1 N–H and O–H groups in total. The lowest BCUT2D eigenvalue weighted by Crippen LogP contribution is -2.39. The van der Waals surface area contributed by atoms with Gasteiger partial charge in [0.25, 0.3) is 5.56 Å². The number of thiazole rings is 1. The van der Waals surface area contributed by atoms with Gasteiger partial charge in [0.05, 0.1) is 40.0 Å². The number of aliphatic carboxylic acids is 1. The van der Waals surface area contributed by atoms with Gasteiger partial charge >= 0.3 is 11.9 Å². The fourth-order valence-corrected chi connectivity index (χ4v) is 5.56. The molecule has 37 heavy (non-hydrogen) atoms. The lowest BCUT2D eigenvalue weighted by Gasteiger charge is -2.25. The molecule has 1 atom stereocenters. The number of hydrogen-bond acceptors (Lipinski definition) is 8. The molecule has 0 saturated carbocycles. The highest BCUT2D eigenvalue weighted by atomic mass is 79.9. The van der Waals surface area contributed by atoms with Crippen molar-refractivity contribution >= 4 is 45.3 Å². The van der Waals surface area contributed by atoms with Crippen LogP contribution >= 0.6 is 27.3 Å². The monoisotopic (exact) mass is 586 g/mol. The first-order valence-electron chi connectivity index (χ1n) is 11.2. The van der Waals surface area contributed by atoms with Gasteiger partial charge in [-0.3, -0.25) is 9.36 Å². The number of carboxylic acids is 1. The second-order valence-corrected chi connectivity index (χ2v) is 9.81. The van der Waals surface area contributed by atoms with E-state index in [0.717, 1.165) is 0 Å². The molecule has 2 aromatic carbocycles. The minimum absolute atomic E-state index is 0.180. The molecule has 0 radical (unpaired) electrons. The normalized spacial score (nSPS) is 15.1. The van der Waals surface area contributed by atoms with Gasteiger partial charge in [0.15, 0.2) is 11.4 Å². The van der Waals surface area contributed by atoms with Crippen LogP contribution in [-0.4, -0.2) is 41.9 Å². The molecule has 11 heteroatoms. The van der Waals surface area contributed by atoms with E-state index in [1.807, 2.05) is 6.07 Å². The molecule has 0 spiro atoms. The minimum Gasteiger partial charge on any atom is -0.496 e.